The first kappa shape index (κ1) is 14.1. The molecule has 0 aromatic heterocycles. The highest BCUT2D eigenvalue weighted by Gasteiger charge is 2.44. The van der Waals surface area contributed by atoms with Gasteiger partial charge in [-0.2, -0.15) is 0 Å². The van der Waals surface area contributed by atoms with Gasteiger partial charge < -0.3 is 10.5 Å². The van der Waals surface area contributed by atoms with Crippen molar-refractivity contribution in [3.63, 3.8) is 0 Å². The third kappa shape index (κ3) is 2.29. The van der Waals surface area contributed by atoms with Crippen LogP contribution in [0.2, 0.25) is 0 Å². The van der Waals surface area contributed by atoms with Gasteiger partial charge in [0.1, 0.15) is 0 Å². The number of likely N-dealkylation sites (N-methyl/N-ethyl adjacent to an activating group) is 1. The van der Waals surface area contributed by atoms with E-state index in [1.165, 1.54) is 31.9 Å². The van der Waals surface area contributed by atoms with E-state index in [1.54, 1.807) is 0 Å². The Morgan fingerprint density at radius 2 is 2.10 bits per heavy atom. The van der Waals surface area contributed by atoms with Gasteiger partial charge in [0.2, 0.25) is 0 Å². The van der Waals surface area contributed by atoms with Gasteiger partial charge in [-0.25, -0.2) is 4.79 Å². The molecule has 4 heteroatoms. The third-order valence-electron chi connectivity index (χ3n) is 5.59. The van der Waals surface area contributed by atoms with Crippen molar-refractivity contribution in [2.75, 3.05) is 14.2 Å². The van der Waals surface area contributed by atoms with Gasteiger partial charge in [-0.1, -0.05) is 12.0 Å². The Balaban J connectivity index is 1.94. The summed E-state index contributed by atoms with van der Waals surface area (Å²) in [7, 11) is 3.65. The van der Waals surface area contributed by atoms with Crippen molar-refractivity contribution in [3.05, 3.63) is 11.1 Å². The zero-order valence-corrected chi connectivity index (χ0v) is 12.6. The molecule has 1 aliphatic carbocycles. The number of rotatable bonds is 2. The Morgan fingerprint density at radius 1 is 1.30 bits per heavy atom. The molecular formula is C16H26N2O2. The van der Waals surface area contributed by atoms with Gasteiger partial charge in [0, 0.05) is 18.1 Å². The molecule has 4 nitrogen and oxygen atoms in total. The molecule has 3 aliphatic rings. The van der Waals surface area contributed by atoms with E-state index >= 15 is 0 Å². The molecule has 112 valence electrons. The molecule has 20 heavy (non-hydrogen) atoms. The van der Waals surface area contributed by atoms with Crippen molar-refractivity contribution in [2.45, 2.75) is 63.1 Å². The fourth-order valence-electron chi connectivity index (χ4n) is 4.49. The summed E-state index contributed by atoms with van der Waals surface area (Å²) in [6, 6.07) is 1.19. The van der Waals surface area contributed by atoms with Crippen molar-refractivity contribution >= 4 is 5.97 Å². The number of esters is 1. The standard InChI is InChI=1S/C16H26N2O2/c1-18-12-6-7-14(18)15(16(19)20-2)13(9-12)10-4-3-5-11(17)8-10/h10-12,14H,3-9,17H2,1-2H3/t10?,11?,12-,14?/m1/s1. The van der Waals surface area contributed by atoms with E-state index in [0.717, 1.165) is 31.3 Å². The zero-order valence-electron chi connectivity index (χ0n) is 12.6. The largest absolute Gasteiger partial charge is 0.466 e. The first-order chi connectivity index (χ1) is 9.61. The summed E-state index contributed by atoms with van der Waals surface area (Å²) in [5.74, 6) is 0.390. The lowest BCUT2D eigenvalue weighted by molar-refractivity contribution is -0.137. The summed E-state index contributed by atoms with van der Waals surface area (Å²) >= 11 is 0. The lowest BCUT2D eigenvalue weighted by atomic mass is 9.76. The highest BCUT2D eigenvalue weighted by molar-refractivity contribution is 5.91. The lowest BCUT2D eigenvalue weighted by Gasteiger charge is -2.38. The molecule has 0 amide bonds. The zero-order chi connectivity index (χ0) is 14.3. The predicted molar refractivity (Wildman–Crippen MR) is 78.2 cm³/mol. The average molecular weight is 278 g/mol. The van der Waals surface area contributed by atoms with Crippen LogP contribution in [0, 0.1) is 5.92 Å². The van der Waals surface area contributed by atoms with Crippen molar-refractivity contribution < 1.29 is 9.53 Å². The normalized spacial score (nSPS) is 38.1. The van der Waals surface area contributed by atoms with Gasteiger partial charge in [0.15, 0.2) is 0 Å². The second-order valence-electron chi connectivity index (χ2n) is 6.67. The Hall–Kier alpha value is -0.870. The summed E-state index contributed by atoms with van der Waals surface area (Å²) in [5, 5.41) is 0. The third-order valence-corrected chi connectivity index (χ3v) is 5.59. The van der Waals surface area contributed by atoms with E-state index in [4.69, 9.17) is 10.5 Å². The fraction of sp³-hybridized carbons (Fsp3) is 0.812. The van der Waals surface area contributed by atoms with E-state index in [2.05, 4.69) is 11.9 Å². The molecule has 1 saturated heterocycles. The second-order valence-corrected chi connectivity index (χ2v) is 6.67. The van der Waals surface area contributed by atoms with Crippen LogP contribution in [0.1, 0.15) is 44.9 Å². The van der Waals surface area contributed by atoms with Crippen LogP contribution in [0.5, 0.6) is 0 Å². The number of carbonyl (C=O) groups is 1. The molecule has 0 spiro atoms. The van der Waals surface area contributed by atoms with Gasteiger partial charge in [-0.15, -0.1) is 0 Å². The molecule has 0 radical (unpaired) electrons. The molecular weight excluding hydrogens is 252 g/mol. The van der Waals surface area contributed by atoms with Crippen molar-refractivity contribution in [3.8, 4) is 0 Å². The summed E-state index contributed by atoms with van der Waals surface area (Å²) in [4.78, 5) is 14.7. The molecule has 2 N–H and O–H groups in total. The van der Waals surface area contributed by atoms with Crippen LogP contribution in [0.25, 0.3) is 0 Å². The van der Waals surface area contributed by atoms with E-state index in [9.17, 15) is 4.79 Å². The van der Waals surface area contributed by atoms with Gasteiger partial charge >= 0.3 is 5.97 Å². The number of nitrogens with two attached hydrogens (primary N) is 1. The minimum Gasteiger partial charge on any atom is -0.466 e. The smallest absolute Gasteiger partial charge is 0.335 e. The van der Waals surface area contributed by atoms with Crippen LogP contribution < -0.4 is 5.73 Å². The quantitative estimate of drug-likeness (QED) is 0.783. The van der Waals surface area contributed by atoms with Crippen LogP contribution in [0.3, 0.4) is 0 Å². The molecule has 0 aromatic carbocycles. The molecule has 2 fully saturated rings. The fourth-order valence-corrected chi connectivity index (χ4v) is 4.49. The minimum atomic E-state index is -0.114. The Labute approximate surface area is 121 Å². The van der Waals surface area contributed by atoms with E-state index in [-0.39, 0.29) is 12.0 Å². The lowest BCUT2D eigenvalue weighted by Crippen LogP contribution is -2.42. The summed E-state index contributed by atoms with van der Waals surface area (Å²) < 4.78 is 5.08. The van der Waals surface area contributed by atoms with Crippen LogP contribution in [-0.2, 0) is 9.53 Å². The Bertz CT molecular complexity index is 432. The highest BCUT2D eigenvalue weighted by Crippen LogP contribution is 2.44. The number of methoxy groups -OCH3 is 1. The SMILES string of the molecule is COC(=O)C1=C(C2CCCC(N)C2)C[C@H]2CCC1N2C. The molecule has 3 rings (SSSR count). The van der Waals surface area contributed by atoms with Gasteiger partial charge in [0.05, 0.1) is 12.7 Å². The molecule has 3 unspecified atom stereocenters. The maximum Gasteiger partial charge on any atom is 0.335 e. The van der Waals surface area contributed by atoms with Crippen LogP contribution >= 0.6 is 0 Å². The van der Waals surface area contributed by atoms with Crippen LogP contribution in [0.15, 0.2) is 11.1 Å². The number of nitrogens with zero attached hydrogens (tertiary/aromatic N) is 1. The number of hydrogen-bond acceptors (Lipinski definition) is 4. The van der Waals surface area contributed by atoms with Crippen molar-refractivity contribution in [1.82, 2.24) is 4.90 Å². The maximum atomic E-state index is 12.3. The monoisotopic (exact) mass is 278 g/mol. The second kappa shape index (κ2) is 5.49. The van der Waals surface area contributed by atoms with Gasteiger partial charge in [-0.05, 0) is 51.5 Å². The molecule has 1 saturated carbocycles. The summed E-state index contributed by atoms with van der Waals surface area (Å²) in [5.41, 5.74) is 8.48. The summed E-state index contributed by atoms with van der Waals surface area (Å²) in [6.07, 6.45) is 7.87. The topological polar surface area (TPSA) is 55.6 Å². The number of carbonyl (C=O) groups excluding carboxylic acids is 1. The number of hydrogen-bond donors (Lipinski definition) is 1. The van der Waals surface area contributed by atoms with Crippen molar-refractivity contribution in [2.24, 2.45) is 11.7 Å². The molecule has 2 heterocycles. The average Bonchev–Trinajstić information content (AvgIpc) is 2.69. The summed E-state index contributed by atoms with van der Waals surface area (Å²) in [6.45, 7) is 0. The van der Waals surface area contributed by atoms with Crippen molar-refractivity contribution in [1.29, 1.82) is 0 Å². The minimum absolute atomic E-state index is 0.114. The number of fused-ring (bicyclic) bond motifs is 2. The van der Waals surface area contributed by atoms with Crippen LogP contribution in [0.4, 0.5) is 0 Å². The van der Waals surface area contributed by atoms with Gasteiger partial charge in [-0.3, -0.25) is 4.90 Å². The van der Waals surface area contributed by atoms with Crippen LogP contribution in [-0.4, -0.2) is 43.2 Å². The molecule has 2 bridgehead atoms. The van der Waals surface area contributed by atoms with E-state index in [0.29, 0.717) is 18.0 Å². The van der Waals surface area contributed by atoms with Gasteiger partial charge in [0.25, 0.3) is 0 Å². The van der Waals surface area contributed by atoms with E-state index in [1.807, 2.05) is 0 Å². The molecule has 2 aliphatic heterocycles. The van der Waals surface area contributed by atoms with E-state index < -0.39 is 0 Å². The maximum absolute atomic E-state index is 12.3. The first-order valence-electron chi connectivity index (χ1n) is 7.90. The Morgan fingerprint density at radius 3 is 2.80 bits per heavy atom. The molecule has 4 atom stereocenters. The number of ether oxygens (including phenoxy) is 1. The predicted octanol–water partition coefficient (Wildman–Crippen LogP) is 1.84. The Kier molecular flexibility index (Phi) is 3.87. The highest BCUT2D eigenvalue weighted by atomic mass is 16.5. The first-order valence-corrected chi connectivity index (χ1v) is 7.90. The molecule has 0 aromatic rings.